The van der Waals surface area contributed by atoms with Crippen LogP contribution < -0.4 is 10.6 Å². The molecule has 0 spiro atoms. The van der Waals surface area contributed by atoms with Crippen molar-refractivity contribution in [3.05, 3.63) is 77.9 Å². The number of amides is 2. The molecule has 7 heteroatoms. The summed E-state index contributed by atoms with van der Waals surface area (Å²) in [5.41, 5.74) is 1.05. The van der Waals surface area contributed by atoms with Crippen LogP contribution >= 0.6 is 0 Å². The van der Waals surface area contributed by atoms with E-state index in [9.17, 15) is 23.1 Å². The Morgan fingerprint density at radius 3 is 2.33 bits per heavy atom. The summed E-state index contributed by atoms with van der Waals surface area (Å²) in [7, 11) is 0. The topological polar surface area (TPSA) is 61.4 Å². The number of carbonyl (C=O) groups is 1. The number of hydrogen-bond donors (Lipinski definition) is 3. The molecular weight excluding hydrogens is 357 g/mol. The van der Waals surface area contributed by atoms with Gasteiger partial charge in [-0.25, -0.2) is 4.79 Å². The molecule has 0 saturated carbocycles. The quantitative estimate of drug-likeness (QED) is 0.630. The number of alkyl halides is 3. The van der Waals surface area contributed by atoms with Crippen LogP contribution in [0.5, 0.6) is 5.75 Å². The maximum atomic E-state index is 12.4. The molecule has 27 heavy (non-hydrogen) atoms. The predicted molar refractivity (Wildman–Crippen MR) is 96.5 cm³/mol. The lowest BCUT2D eigenvalue weighted by Crippen LogP contribution is -2.42. The van der Waals surface area contributed by atoms with Gasteiger partial charge in [0.05, 0.1) is 6.04 Å². The molecule has 3 aromatic carbocycles. The highest BCUT2D eigenvalue weighted by Gasteiger charge is 2.29. The molecule has 3 N–H and O–H groups in total. The van der Waals surface area contributed by atoms with Gasteiger partial charge in [0.15, 0.2) is 0 Å². The number of urea groups is 1. The molecule has 140 valence electrons. The van der Waals surface area contributed by atoms with Gasteiger partial charge in [-0.1, -0.05) is 60.7 Å². The summed E-state index contributed by atoms with van der Waals surface area (Å²) in [5, 5.41) is 16.3. The van der Waals surface area contributed by atoms with Crippen LogP contribution in [0.25, 0.3) is 10.8 Å². The fourth-order valence-corrected chi connectivity index (χ4v) is 2.92. The van der Waals surface area contributed by atoms with E-state index in [4.69, 9.17) is 0 Å². The maximum absolute atomic E-state index is 12.4. The highest BCUT2D eigenvalue weighted by Crippen LogP contribution is 2.35. The Morgan fingerprint density at radius 2 is 1.63 bits per heavy atom. The van der Waals surface area contributed by atoms with E-state index in [0.29, 0.717) is 16.5 Å². The zero-order valence-electron chi connectivity index (χ0n) is 14.1. The molecule has 2 amide bonds. The first-order valence-corrected chi connectivity index (χ1v) is 8.22. The van der Waals surface area contributed by atoms with E-state index < -0.39 is 24.8 Å². The lowest BCUT2D eigenvalue weighted by Gasteiger charge is -2.23. The third kappa shape index (κ3) is 4.49. The molecule has 0 aliphatic rings. The molecule has 0 unspecified atom stereocenters. The molecule has 4 nitrogen and oxygen atoms in total. The van der Waals surface area contributed by atoms with Gasteiger partial charge in [0.2, 0.25) is 0 Å². The van der Waals surface area contributed by atoms with E-state index in [1.165, 1.54) is 6.07 Å². The Hall–Kier alpha value is -3.22. The van der Waals surface area contributed by atoms with Gasteiger partial charge >= 0.3 is 12.2 Å². The molecule has 0 heterocycles. The van der Waals surface area contributed by atoms with Crippen LogP contribution in [0.3, 0.4) is 0 Å². The lowest BCUT2D eigenvalue weighted by molar-refractivity contribution is -0.122. The molecular formula is C20H17F3N2O2. The second kappa shape index (κ2) is 7.57. The third-order valence-corrected chi connectivity index (χ3v) is 4.09. The van der Waals surface area contributed by atoms with E-state index in [2.05, 4.69) is 5.32 Å². The number of carbonyl (C=O) groups excluding carboxylic acids is 1. The zero-order valence-corrected chi connectivity index (χ0v) is 14.1. The average molecular weight is 374 g/mol. The SMILES string of the molecule is O=C(NCC(F)(F)F)N[C@@H](c1ccccc1)c1c(O)ccc2ccccc12. The summed E-state index contributed by atoms with van der Waals surface area (Å²) in [6.07, 6.45) is -4.51. The van der Waals surface area contributed by atoms with E-state index >= 15 is 0 Å². The Labute approximate surface area is 153 Å². The molecule has 3 aromatic rings. The van der Waals surface area contributed by atoms with Crippen molar-refractivity contribution in [3.8, 4) is 5.75 Å². The predicted octanol–water partition coefficient (Wildman–Crippen LogP) is 4.50. The van der Waals surface area contributed by atoms with Gasteiger partial charge in [0.1, 0.15) is 12.3 Å². The van der Waals surface area contributed by atoms with Gasteiger partial charge in [0, 0.05) is 5.56 Å². The first-order valence-electron chi connectivity index (χ1n) is 8.22. The first kappa shape index (κ1) is 18.6. The second-order valence-electron chi connectivity index (χ2n) is 6.01. The number of fused-ring (bicyclic) bond motifs is 1. The van der Waals surface area contributed by atoms with Crippen molar-refractivity contribution in [1.82, 2.24) is 10.6 Å². The molecule has 0 bridgehead atoms. The van der Waals surface area contributed by atoms with E-state index in [0.717, 1.165) is 5.39 Å². The number of benzene rings is 3. The van der Waals surface area contributed by atoms with E-state index in [1.807, 2.05) is 12.1 Å². The van der Waals surface area contributed by atoms with Crippen LogP contribution in [0, 0.1) is 0 Å². The number of hydrogen-bond acceptors (Lipinski definition) is 2. The van der Waals surface area contributed by atoms with Crippen molar-refractivity contribution >= 4 is 16.8 Å². The van der Waals surface area contributed by atoms with Crippen molar-refractivity contribution in [2.45, 2.75) is 12.2 Å². The molecule has 0 aliphatic heterocycles. The standard InChI is InChI=1S/C20H17F3N2O2/c21-20(22,23)12-24-19(27)25-18(14-7-2-1-3-8-14)17-15-9-5-4-6-13(15)10-11-16(17)26/h1-11,18,26H,12H2,(H2,24,25,27)/t18-/m0/s1. The fourth-order valence-electron chi connectivity index (χ4n) is 2.92. The number of rotatable bonds is 4. The smallest absolute Gasteiger partial charge is 0.405 e. The fraction of sp³-hybridized carbons (Fsp3) is 0.150. The van der Waals surface area contributed by atoms with Crippen molar-refractivity contribution in [2.75, 3.05) is 6.54 Å². The van der Waals surface area contributed by atoms with Crippen LogP contribution in [0.1, 0.15) is 17.2 Å². The number of aromatic hydroxyl groups is 1. The van der Waals surface area contributed by atoms with Gasteiger partial charge in [0.25, 0.3) is 0 Å². The zero-order chi connectivity index (χ0) is 19.4. The van der Waals surface area contributed by atoms with Crippen molar-refractivity contribution < 1.29 is 23.1 Å². The summed E-state index contributed by atoms with van der Waals surface area (Å²) in [6.45, 7) is -1.44. The summed E-state index contributed by atoms with van der Waals surface area (Å²) < 4.78 is 37.2. The molecule has 0 saturated heterocycles. The van der Waals surface area contributed by atoms with Gasteiger partial charge in [-0.3, -0.25) is 0 Å². The van der Waals surface area contributed by atoms with Crippen LogP contribution in [0.4, 0.5) is 18.0 Å². The molecule has 0 fully saturated rings. The third-order valence-electron chi connectivity index (χ3n) is 4.09. The summed E-state index contributed by atoms with van der Waals surface area (Å²) in [6, 6.07) is 17.4. The van der Waals surface area contributed by atoms with Crippen LogP contribution in [-0.2, 0) is 0 Å². The Bertz CT molecular complexity index is 943. The van der Waals surface area contributed by atoms with Gasteiger partial charge in [-0.2, -0.15) is 13.2 Å². The Morgan fingerprint density at radius 1 is 0.963 bits per heavy atom. The van der Waals surface area contributed by atoms with Gasteiger partial charge in [-0.05, 0) is 22.4 Å². The lowest BCUT2D eigenvalue weighted by atomic mass is 9.93. The van der Waals surface area contributed by atoms with Gasteiger partial charge < -0.3 is 15.7 Å². The summed E-state index contributed by atoms with van der Waals surface area (Å²) in [4.78, 5) is 12.1. The molecule has 3 rings (SSSR count). The van der Waals surface area contributed by atoms with Crippen LogP contribution in [0.2, 0.25) is 0 Å². The number of nitrogens with one attached hydrogen (secondary N) is 2. The normalized spacial score (nSPS) is 12.6. The summed E-state index contributed by atoms with van der Waals surface area (Å²) >= 11 is 0. The monoisotopic (exact) mass is 374 g/mol. The maximum Gasteiger partial charge on any atom is 0.405 e. The van der Waals surface area contributed by atoms with Crippen molar-refractivity contribution in [2.24, 2.45) is 0 Å². The van der Waals surface area contributed by atoms with Crippen molar-refractivity contribution in [3.63, 3.8) is 0 Å². The van der Waals surface area contributed by atoms with Crippen molar-refractivity contribution in [1.29, 1.82) is 0 Å². The number of phenolic OH excluding ortho intramolecular Hbond substituents is 1. The van der Waals surface area contributed by atoms with Crippen LogP contribution in [0.15, 0.2) is 66.7 Å². The minimum Gasteiger partial charge on any atom is -0.508 e. The Balaban J connectivity index is 2.02. The first-order chi connectivity index (χ1) is 12.8. The second-order valence-corrected chi connectivity index (χ2v) is 6.01. The molecule has 0 aromatic heterocycles. The average Bonchev–Trinajstić information content (AvgIpc) is 2.65. The van der Waals surface area contributed by atoms with Gasteiger partial charge in [-0.15, -0.1) is 0 Å². The minimum absolute atomic E-state index is 0.0568. The number of phenols is 1. The molecule has 1 atom stereocenters. The molecule has 0 aliphatic carbocycles. The highest BCUT2D eigenvalue weighted by molar-refractivity contribution is 5.89. The largest absolute Gasteiger partial charge is 0.508 e. The van der Waals surface area contributed by atoms with Crippen LogP contribution in [-0.4, -0.2) is 23.9 Å². The van der Waals surface area contributed by atoms with E-state index in [1.54, 1.807) is 53.8 Å². The molecule has 0 radical (unpaired) electrons. The highest BCUT2D eigenvalue weighted by atomic mass is 19.4. The van der Waals surface area contributed by atoms with E-state index in [-0.39, 0.29) is 5.75 Å². The summed E-state index contributed by atoms with van der Waals surface area (Å²) in [5.74, 6) is -0.0568. The Kier molecular flexibility index (Phi) is 5.21. The minimum atomic E-state index is -4.51. The number of halogens is 3.